The second kappa shape index (κ2) is 6.57. The van der Waals surface area contributed by atoms with E-state index < -0.39 is 9.84 Å². The van der Waals surface area contributed by atoms with Crippen LogP contribution in [-0.2, 0) is 9.84 Å². The number of hydrogen-bond acceptors (Lipinski definition) is 4. The lowest BCUT2D eigenvalue weighted by molar-refractivity contribution is 0.436. The molecular formula is C14H23NO3S. The van der Waals surface area contributed by atoms with Crippen LogP contribution < -0.4 is 5.32 Å². The normalized spacial score (nSPS) is 18.8. The van der Waals surface area contributed by atoms with E-state index in [2.05, 4.69) is 5.32 Å². The SMILES string of the molecule is CC(NCCS(=O)(=O)CC1CCCC1)c1ccco1. The molecule has 1 heterocycles. The van der Waals surface area contributed by atoms with Gasteiger partial charge in [-0.05, 0) is 37.8 Å². The van der Waals surface area contributed by atoms with Crippen LogP contribution in [0.15, 0.2) is 22.8 Å². The lowest BCUT2D eigenvalue weighted by Gasteiger charge is -2.13. The molecule has 0 aromatic carbocycles. The van der Waals surface area contributed by atoms with Crippen LogP contribution in [0.25, 0.3) is 0 Å². The predicted octanol–water partition coefficient (Wildman–Crippen LogP) is 2.54. The van der Waals surface area contributed by atoms with Crippen molar-refractivity contribution < 1.29 is 12.8 Å². The second-order valence-corrected chi connectivity index (χ2v) is 7.68. The lowest BCUT2D eigenvalue weighted by atomic mass is 10.1. The van der Waals surface area contributed by atoms with Crippen LogP contribution in [-0.4, -0.2) is 26.5 Å². The van der Waals surface area contributed by atoms with Gasteiger partial charge in [-0.1, -0.05) is 12.8 Å². The highest BCUT2D eigenvalue weighted by Gasteiger charge is 2.22. The Morgan fingerprint density at radius 1 is 1.42 bits per heavy atom. The molecule has 1 aliphatic rings. The number of rotatable bonds is 7. The first-order valence-electron chi connectivity index (χ1n) is 7.04. The van der Waals surface area contributed by atoms with Gasteiger partial charge in [0.15, 0.2) is 9.84 Å². The van der Waals surface area contributed by atoms with Crippen molar-refractivity contribution in [3.05, 3.63) is 24.2 Å². The molecule has 5 heteroatoms. The van der Waals surface area contributed by atoms with Crippen LogP contribution in [0.4, 0.5) is 0 Å². The van der Waals surface area contributed by atoms with Crippen molar-refractivity contribution in [1.82, 2.24) is 5.32 Å². The first kappa shape index (κ1) is 14.6. The molecule has 1 unspecified atom stereocenters. The third kappa shape index (κ3) is 4.66. The molecule has 4 nitrogen and oxygen atoms in total. The van der Waals surface area contributed by atoms with E-state index in [0.717, 1.165) is 18.6 Å². The van der Waals surface area contributed by atoms with Gasteiger partial charge in [0.1, 0.15) is 5.76 Å². The topological polar surface area (TPSA) is 59.3 Å². The van der Waals surface area contributed by atoms with Gasteiger partial charge in [-0.15, -0.1) is 0 Å². The molecule has 1 aromatic rings. The molecule has 1 aliphatic carbocycles. The summed E-state index contributed by atoms with van der Waals surface area (Å²) in [7, 11) is -2.92. The van der Waals surface area contributed by atoms with Crippen molar-refractivity contribution >= 4 is 9.84 Å². The molecule has 2 rings (SSSR count). The summed E-state index contributed by atoms with van der Waals surface area (Å²) < 4.78 is 29.3. The molecule has 19 heavy (non-hydrogen) atoms. The van der Waals surface area contributed by atoms with E-state index in [9.17, 15) is 8.42 Å². The van der Waals surface area contributed by atoms with E-state index in [1.54, 1.807) is 6.26 Å². The van der Waals surface area contributed by atoms with Gasteiger partial charge in [-0.3, -0.25) is 0 Å². The average Bonchev–Trinajstić information content (AvgIpc) is 2.99. The summed E-state index contributed by atoms with van der Waals surface area (Å²) in [6.45, 7) is 2.46. The van der Waals surface area contributed by atoms with Crippen LogP contribution in [0.3, 0.4) is 0 Å². The van der Waals surface area contributed by atoms with Gasteiger partial charge in [0.25, 0.3) is 0 Å². The number of sulfone groups is 1. The molecule has 0 amide bonds. The van der Waals surface area contributed by atoms with Crippen LogP contribution in [0.2, 0.25) is 0 Å². The molecule has 108 valence electrons. The third-order valence-electron chi connectivity index (χ3n) is 3.80. The molecule has 1 fully saturated rings. The average molecular weight is 285 g/mol. The first-order chi connectivity index (χ1) is 9.07. The van der Waals surface area contributed by atoms with Gasteiger partial charge in [0.2, 0.25) is 0 Å². The number of hydrogen-bond donors (Lipinski definition) is 1. The molecule has 0 bridgehead atoms. The zero-order chi connectivity index (χ0) is 13.7. The Morgan fingerprint density at radius 3 is 2.79 bits per heavy atom. The molecule has 0 spiro atoms. The van der Waals surface area contributed by atoms with Crippen LogP contribution in [0.1, 0.15) is 44.4 Å². The maximum atomic E-state index is 12.0. The fraction of sp³-hybridized carbons (Fsp3) is 0.714. The van der Waals surface area contributed by atoms with Crippen molar-refractivity contribution in [3.8, 4) is 0 Å². The zero-order valence-corrected chi connectivity index (χ0v) is 12.3. The van der Waals surface area contributed by atoms with Crippen LogP contribution in [0, 0.1) is 5.92 Å². The zero-order valence-electron chi connectivity index (χ0n) is 11.5. The summed E-state index contributed by atoms with van der Waals surface area (Å²) in [5.41, 5.74) is 0. The minimum atomic E-state index is -2.92. The quantitative estimate of drug-likeness (QED) is 0.836. The molecular weight excluding hydrogens is 262 g/mol. The second-order valence-electron chi connectivity index (χ2n) is 5.46. The van der Waals surface area contributed by atoms with Crippen molar-refractivity contribution in [1.29, 1.82) is 0 Å². The summed E-state index contributed by atoms with van der Waals surface area (Å²) >= 11 is 0. The summed E-state index contributed by atoms with van der Waals surface area (Å²) in [5.74, 6) is 1.82. The Bertz CT molecular complexity index is 461. The molecule has 0 saturated heterocycles. The summed E-state index contributed by atoms with van der Waals surface area (Å²) in [6.07, 6.45) is 6.16. The van der Waals surface area contributed by atoms with Gasteiger partial charge in [0, 0.05) is 6.54 Å². The highest BCUT2D eigenvalue weighted by molar-refractivity contribution is 7.91. The van der Waals surface area contributed by atoms with E-state index in [4.69, 9.17) is 4.42 Å². The standard InChI is InChI=1S/C14H23NO3S/c1-12(14-7-4-9-18-14)15-8-10-19(16,17)11-13-5-2-3-6-13/h4,7,9,12-13,15H,2-3,5-6,8,10-11H2,1H3. The minimum absolute atomic E-state index is 0.0525. The Kier molecular flexibility index (Phi) is 5.05. The molecule has 0 radical (unpaired) electrons. The summed E-state index contributed by atoms with van der Waals surface area (Å²) in [6, 6.07) is 3.78. The Balaban J connectivity index is 1.72. The number of furan rings is 1. The molecule has 1 aromatic heterocycles. The van der Waals surface area contributed by atoms with Crippen molar-refractivity contribution in [2.75, 3.05) is 18.1 Å². The first-order valence-corrected chi connectivity index (χ1v) is 8.86. The molecule has 0 aliphatic heterocycles. The van der Waals surface area contributed by atoms with Crippen LogP contribution >= 0.6 is 0 Å². The van der Waals surface area contributed by atoms with Gasteiger partial charge in [0.05, 0.1) is 23.8 Å². The smallest absolute Gasteiger partial charge is 0.151 e. The van der Waals surface area contributed by atoms with Gasteiger partial charge < -0.3 is 9.73 Å². The van der Waals surface area contributed by atoms with Crippen molar-refractivity contribution in [3.63, 3.8) is 0 Å². The summed E-state index contributed by atoms with van der Waals surface area (Å²) in [5, 5.41) is 3.19. The van der Waals surface area contributed by atoms with Crippen molar-refractivity contribution in [2.24, 2.45) is 5.92 Å². The summed E-state index contributed by atoms with van der Waals surface area (Å²) in [4.78, 5) is 0. The van der Waals surface area contributed by atoms with E-state index >= 15 is 0 Å². The molecule has 1 N–H and O–H groups in total. The van der Waals surface area contributed by atoms with Crippen molar-refractivity contribution in [2.45, 2.75) is 38.6 Å². The van der Waals surface area contributed by atoms with Gasteiger partial charge in [-0.2, -0.15) is 0 Å². The highest BCUT2D eigenvalue weighted by Crippen LogP contribution is 2.26. The van der Waals surface area contributed by atoms with Crippen LogP contribution in [0.5, 0.6) is 0 Å². The molecule has 1 saturated carbocycles. The van der Waals surface area contributed by atoms with E-state index in [1.165, 1.54) is 12.8 Å². The minimum Gasteiger partial charge on any atom is -0.468 e. The van der Waals surface area contributed by atoms with Gasteiger partial charge in [-0.25, -0.2) is 8.42 Å². The maximum absolute atomic E-state index is 12.0. The maximum Gasteiger partial charge on any atom is 0.151 e. The lowest BCUT2D eigenvalue weighted by Crippen LogP contribution is -2.28. The fourth-order valence-electron chi connectivity index (χ4n) is 2.69. The Labute approximate surface area is 115 Å². The largest absolute Gasteiger partial charge is 0.468 e. The monoisotopic (exact) mass is 285 g/mol. The Hall–Kier alpha value is -0.810. The number of nitrogens with one attached hydrogen (secondary N) is 1. The van der Waals surface area contributed by atoms with E-state index in [1.807, 2.05) is 19.1 Å². The fourth-order valence-corrected chi connectivity index (χ4v) is 4.34. The Morgan fingerprint density at radius 2 is 2.16 bits per heavy atom. The highest BCUT2D eigenvalue weighted by atomic mass is 32.2. The predicted molar refractivity (Wildman–Crippen MR) is 75.7 cm³/mol. The van der Waals surface area contributed by atoms with E-state index in [0.29, 0.717) is 18.2 Å². The van der Waals surface area contributed by atoms with Gasteiger partial charge >= 0.3 is 0 Å². The van der Waals surface area contributed by atoms with E-state index in [-0.39, 0.29) is 11.8 Å². The molecule has 1 atom stereocenters. The third-order valence-corrected chi connectivity index (χ3v) is 5.60.